The Morgan fingerprint density at radius 3 is 2.25 bits per heavy atom. The van der Waals surface area contributed by atoms with Gasteiger partial charge in [-0.25, -0.2) is 13.1 Å². The van der Waals surface area contributed by atoms with Crippen molar-refractivity contribution < 1.29 is 17.9 Å². The third-order valence-corrected chi connectivity index (χ3v) is 6.36. The first-order chi connectivity index (χ1) is 13.5. The van der Waals surface area contributed by atoms with Crippen molar-refractivity contribution in [2.45, 2.75) is 4.90 Å². The van der Waals surface area contributed by atoms with Crippen molar-refractivity contribution >= 4 is 15.7 Å². The number of nitrogens with zero attached hydrogens (tertiary/aromatic N) is 2. The molecule has 1 saturated heterocycles. The van der Waals surface area contributed by atoms with Gasteiger partial charge < -0.3 is 14.4 Å². The second-order valence-corrected chi connectivity index (χ2v) is 8.34. The van der Waals surface area contributed by atoms with Crippen LogP contribution in [0.3, 0.4) is 0 Å². The van der Waals surface area contributed by atoms with E-state index >= 15 is 0 Å². The summed E-state index contributed by atoms with van der Waals surface area (Å²) in [7, 11) is -0.273. The Balaban J connectivity index is 1.47. The van der Waals surface area contributed by atoms with Crippen LogP contribution in [0.5, 0.6) is 11.5 Å². The SMILES string of the molecule is COc1ccc(S(=O)(=O)NCCN2CCN(c3ccccc3OC)CC2)cc1. The highest BCUT2D eigenvalue weighted by atomic mass is 32.2. The maximum atomic E-state index is 12.4. The van der Waals surface area contributed by atoms with E-state index in [1.54, 1.807) is 38.5 Å². The number of methoxy groups -OCH3 is 2. The molecule has 1 aliphatic heterocycles. The van der Waals surface area contributed by atoms with E-state index in [2.05, 4.69) is 20.6 Å². The van der Waals surface area contributed by atoms with Gasteiger partial charge in [0.2, 0.25) is 10.0 Å². The molecule has 0 atom stereocenters. The van der Waals surface area contributed by atoms with Crippen molar-refractivity contribution in [1.29, 1.82) is 0 Å². The zero-order valence-corrected chi connectivity index (χ0v) is 17.1. The lowest BCUT2D eigenvalue weighted by molar-refractivity contribution is 0.261. The Labute approximate surface area is 166 Å². The molecule has 0 spiro atoms. The van der Waals surface area contributed by atoms with E-state index in [1.807, 2.05) is 18.2 Å². The molecule has 2 aromatic carbocycles. The van der Waals surface area contributed by atoms with Crippen molar-refractivity contribution in [3.63, 3.8) is 0 Å². The van der Waals surface area contributed by atoms with Crippen molar-refractivity contribution in [2.24, 2.45) is 0 Å². The summed E-state index contributed by atoms with van der Waals surface area (Å²) in [4.78, 5) is 4.81. The number of hydrogen-bond acceptors (Lipinski definition) is 6. The minimum Gasteiger partial charge on any atom is -0.497 e. The molecule has 7 nitrogen and oxygen atoms in total. The Hall–Kier alpha value is -2.29. The van der Waals surface area contributed by atoms with Gasteiger partial charge in [0, 0.05) is 39.3 Å². The monoisotopic (exact) mass is 405 g/mol. The zero-order chi connectivity index (χ0) is 20.0. The van der Waals surface area contributed by atoms with Gasteiger partial charge >= 0.3 is 0 Å². The number of piperazine rings is 1. The zero-order valence-electron chi connectivity index (χ0n) is 16.3. The fraction of sp³-hybridized carbons (Fsp3) is 0.400. The summed E-state index contributed by atoms with van der Waals surface area (Å²) in [5, 5.41) is 0. The molecular weight excluding hydrogens is 378 g/mol. The van der Waals surface area contributed by atoms with Crippen LogP contribution in [0.2, 0.25) is 0 Å². The highest BCUT2D eigenvalue weighted by molar-refractivity contribution is 7.89. The highest BCUT2D eigenvalue weighted by Crippen LogP contribution is 2.28. The lowest BCUT2D eigenvalue weighted by Gasteiger charge is -2.36. The summed E-state index contributed by atoms with van der Waals surface area (Å²) in [6.45, 7) is 4.57. The van der Waals surface area contributed by atoms with Crippen LogP contribution in [0.15, 0.2) is 53.4 Å². The van der Waals surface area contributed by atoms with E-state index in [9.17, 15) is 8.42 Å². The van der Waals surface area contributed by atoms with Crippen LogP contribution >= 0.6 is 0 Å². The van der Waals surface area contributed by atoms with Crippen molar-refractivity contribution in [3.05, 3.63) is 48.5 Å². The van der Waals surface area contributed by atoms with Crippen LogP contribution in [0.4, 0.5) is 5.69 Å². The van der Waals surface area contributed by atoms with Gasteiger partial charge in [-0.3, -0.25) is 4.90 Å². The summed E-state index contributed by atoms with van der Waals surface area (Å²) in [5.74, 6) is 1.51. The third-order valence-electron chi connectivity index (χ3n) is 4.89. The van der Waals surface area contributed by atoms with Gasteiger partial charge in [0.15, 0.2) is 0 Å². The third kappa shape index (κ3) is 4.95. The van der Waals surface area contributed by atoms with Gasteiger partial charge in [-0.15, -0.1) is 0 Å². The number of ether oxygens (including phenoxy) is 2. The fourth-order valence-electron chi connectivity index (χ4n) is 3.28. The molecule has 1 aliphatic rings. The lowest BCUT2D eigenvalue weighted by Crippen LogP contribution is -2.48. The summed E-state index contributed by atoms with van der Waals surface area (Å²) in [6.07, 6.45) is 0. The summed E-state index contributed by atoms with van der Waals surface area (Å²) in [5.41, 5.74) is 1.10. The average molecular weight is 406 g/mol. The molecule has 1 fully saturated rings. The van der Waals surface area contributed by atoms with Gasteiger partial charge in [0.1, 0.15) is 11.5 Å². The fourth-order valence-corrected chi connectivity index (χ4v) is 4.30. The molecule has 0 saturated carbocycles. The van der Waals surface area contributed by atoms with Gasteiger partial charge in [-0.2, -0.15) is 0 Å². The molecule has 0 unspecified atom stereocenters. The predicted octanol–water partition coefficient (Wildman–Crippen LogP) is 1.80. The van der Waals surface area contributed by atoms with Crippen molar-refractivity contribution in [3.8, 4) is 11.5 Å². The number of benzene rings is 2. The molecule has 0 aromatic heterocycles. The lowest BCUT2D eigenvalue weighted by atomic mass is 10.2. The Kier molecular flexibility index (Phi) is 6.77. The Bertz CT molecular complexity index is 863. The number of rotatable bonds is 8. The summed E-state index contributed by atoms with van der Waals surface area (Å²) >= 11 is 0. The second kappa shape index (κ2) is 9.27. The van der Waals surface area contributed by atoms with Gasteiger partial charge in [-0.05, 0) is 36.4 Å². The van der Waals surface area contributed by atoms with E-state index in [4.69, 9.17) is 9.47 Å². The molecular formula is C20H27N3O4S. The minimum atomic E-state index is -3.51. The van der Waals surface area contributed by atoms with E-state index in [-0.39, 0.29) is 4.90 Å². The average Bonchev–Trinajstić information content (AvgIpc) is 2.74. The van der Waals surface area contributed by atoms with Gasteiger partial charge in [0.05, 0.1) is 24.8 Å². The predicted molar refractivity (Wildman–Crippen MR) is 110 cm³/mol. The van der Waals surface area contributed by atoms with Crippen LogP contribution in [0, 0.1) is 0 Å². The summed E-state index contributed by atoms with van der Waals surface area (Å²) < 4.78 is 38.0. The Morgan fingerprint density at radius 2 is 1.61 bits per heavy atom. The number of anilines is 1. The molecule has 152 valence electrons. The molecule has 0 aliphatic carbocycles. The molecule has 28 heavy (non-hydrogen) atoms. The van der Waals surface area contributed by atoms with Crippen molar-refractivity contribution in [2.75, 3.05) is 58.4 Å². The highest BCUT2D eigenvalue weighted by Gasteiger charge is 2.20. The first-order valence-corrected chi connectivity index (χ1v) is 10.8. The molecule has 1 N–H and O–H groups in total. The smallest absolute Gasteiger partial charge is 0.240 e. The molecule has 0 bridgehead atoms. The number of hydrogen-bond donors (Lipinski definition) is 1. The van der Waals surface area contributed by atoms with Crippen LogP contribution in [0.25, 0.3) is 0 Å². The van der Waals surface area contributed by atoms with Gasteiger partial charge in [0.25, 0.3) is 0 Å². The van der Waals surface area contributed by atoms with Crippen LogP contribution in [-0.2, 0) is 10.0 Å². The Morgan fingerprint density at radius 1 is 0.929 bits per heavy atom. The molecule has 1 heterocycles. The van der Waals surface area contributed by atoms with Crippen LogP contribution < -0.4 is 19.1 Å². The molecule has 8 heteroatoms. The van der Waals surface area contributed by atoms with E-state index in [0.717, 1.165) is 37.6 Å². The maximum Gasteiger partial charge on any atom is 0.240 e. The summed E-state index contributed by atoms with van der Waals surface area (Å²) in [6, 6.07) is 14.4. The molecule has 0 amide bonds. The maximum absolute atomic E-state index is 12.4. The normalized spacial score (nSPS) is 15.4. The standard InChI is InChI=1S/C20H27N3O4S/c1-26-17-7-9-18(10-8-17)28(24,25)21-11-12-22-13-15-23(16-14-22)19-5-3-4-6-20(19)27-2/h3-10,21H,11-16H2,1-2H3. The minimum absolute atomic E-state index is 0.245. The van der Waals surface area contributed by atoms with E-state index in [1.165, 1.54) is 0 Å². The second-order valence-electron chi connectivity index (χ2n) is 6.57. The van der Waals surface area contributed by atoms with Crippen LogP contribution in [0.1, 0.15) is 0 Å². The largest absolute Gasteiger partial charge is 0.497 e. The first kappa shape index (κ1) is 20.4. The van der Waals surface area contributed by atoms with E-state index in [0.29, 0.717) is 18.8 Å². The van der Waals surface area contributed by atoms with E-state index < -0.39 is 10.0 Å². The molecule has 0 radical (unpaired) electrons. The number of nitrogens with one attached hydrogen (secondary N) is 1. The topological polar surface area (TPSA) is 71.1 Å². The number of para-hydroxylation sites is 2. The first-order valence-electron chi connectivity index (χ1n) is 9.27. The van der Waals surface area contributed by atoms with Crippen molar-refractivity contribution in [1.82, 2.24) is 9.62 Å². The van der Waals surface area contributed by atoms with Gasteiger partial charge in [-0.1, -0.05) is 12.1 Å². The molecule has 2 aromatic rings. The quantitative estimate of drug-likeness (QED) is 0.722. The number of sulfonamides is 1. The molecule has 3 rings (SSSR count). The van der Waals surface area contributed by atoms with Crippen LogP contribution in [-0.4, -0.2) is 66.8 Å².